The number of rotatable bonds is 4. The molecular formula is C15H17N3OS. The van der Waals surface area contributed by atoms with Gasteiger partial charge in [0.25, 0.3) is 0 Å². The molecule has 4 nitrogen and oxygen atoms in total. The van der Waals surface area contributed by atoms with Crippen LogP contribution in [0.15, 0.2) is 46.7 Å². The second-order valence-electron chi connectivity index (χ2n) is 4.51. The molecule has 5 heteroatoms. The third-order valence-electron chi connectivity index (χ3n) is 3.11. The maximum absolute atomic E-state index is 8.89. The summed E-state index contributed by atoms with van der Waals surface area (Å²) in [5, 5.41) is 12.8. The number of aromatic nitrogens is 1. The first-order valence-electron chi connectivity index (χ1n) is 6.24. The van der Waals surface area contributed by atoms with Gasteiger partial charge >= 0.3 is 0 Å². The Kier molecular flexibility index (Phi) is 4.63. The van der Waals surface area contributed by atoms with E-state index in [-0.39, 0.29) is 5.84 Å². The highest BCUT2D eigenvalue weighted by molar-refractivity contribution is 7.98. The zero-order chi connectivity index (χ0) is 14.5. The number of amidine groups is 1. The molecule has 0 aliphatic heterocycles. The molecule has 0 fully saturated rings. The molecule has 104 valence electrons. The molecule has 2 rings (SSSR count). The number of hydrogen-bond donors (Lipinski definition) is 2. The highest BCUT2D eigenvalue weighted by atomic mass is 32.2. The van der Waals surface area contributed by atoms with Crippen molar-refractivity contribution in [2.75, 3.05) is 0 Å². The van der Waals surface area contributed by atoms with Gasteiger partial charge in [0.15, 0.2) is 5.84 Å². The van der Waals surface area contributed by atoms with Crippen molar-refractivity contribution >= 4 is 17.6 Å². The van der Waals surface area contributed by atoms with Gasteiger partial charge in [-0.3, -0.25) is 0 Å². The van der Waals surface area contributed by atoms with E-state index in [0.717, 1.165) is 16.3 Å². The second kappa shape index (κ2) is 6.43. The fourth-order valence-electron chi connectivity index (χ4n) is 1.92. The van der Waals surface area contributed by atoms with Crippen molar-refractivity contribution in [2.45, 2.75) is 24.6 Å². The largest absolute Gasteiger partial charge is 0.409 e. The van der Waals surface area contributed by atoms with Crippen LogP contribution in [0.5, 0.6) is 0 Å². The van der Waals surface area contributed by atoms with Gasteiger partial charge in [-0.2, -0.15) is 0 Å². The average molecular weight is 287 g/mol. The van der Waals surface area contributed by atoms with Crippen molar-refractivity contribution in [2.24, 2.45) is 10.9 Å². The third kappa shape index (κ3) is 3.11. The van der Waals surface area contributed by atoms with Gasteiger partial charge < -0.3 is 10.9 Å². The number of nitrogens with two attached hydrogens (primary N) is 1. The first-order valence-corrected chi connectivity index (χ1v) is 7.23. The van der Waals surface area contributed by atoms with Crippen LogP contribution < -0.4 is 5.73 Å². The summed E-state index contributed by atoms with van der Waals surface area (Å²) >= 11 is 1.59. The Morgan fingerprint density at radius 1 is 1.25 bits per heavy atom. The molecule has 1 aromatic carbocycles. The second-order valence-corrected chi connectivity index (χ2v) is 5.47. The van der Waals surface area contributed by atoms with Crippen LogP contribution in [0.4, 0.5) is 0 Å². The fourth-order valence-corrected chi connectivity index (χ4v) is 3.08. The zero-order valence-corrected chi connectivity index (χ0v) is 12.3. The smallest absolute Gasteiger partial charge is 0.173 e. The predicted molar refractivity (Wildman–Crippen MR) is 82.2 cm³/mol. The lowest BCUT2D eigenvalue weighted by Crippen LogP contribution is -2.16. The summed E-state index contributed by atoms with van der Waals surface area (Å²) in [5.41, 5.74) is 9.89. The molecule has 0 amide bonds. The Bertz CT molecular complexity index is 641. The van der Waals surface area contributed by atoms with Gasteiger partial charge in [0.2, 0.25) is 0 Å². The number of hydrogen-bond acceptors (Lipinski definition) is 4. The summed E-state index contributed by atoms with van der Waals surface area (Å²) in [4.78, 5) is 4.34. The quantitative estimate of drug-likeness (QED) is 0.298. The Balaban J connectivity index is 2.27. The molecule has 2 aromatic rings. The fraction of sp³-hybridized carbons (Fsp3) is 0.200. The number of thioether (sulfide) groups is 1. The van der Waals surface area contributed by atoms with Gasteiger partial charge in [-0.05, 0) is 36.6 Å². The molecule has 0 bridgehead atoms. The SMILES string of the molecule is Cc1ccccc1CSc1nccc(C)c1/C(N)=N/O. The first kappa shape index (κ1) is 14.4. The first-order chi connectivity index (χ1) is 9.63. The van der Waals surface area contributed by atoms with E-state index in [1.807, 2.05) is 25.1 Å². The van der Waals surface area contributed by atoms with E-state index < -0.39 is 0 Å². The van der Waals surface area contributed by atoms with Gasteiger partial charge in [-0.15, -0.1) is 11.8 Å². The van der Waals surface area contributed by atoms with Crippen LogP contribution in [0.2, 0.25) is 0 Å². The van der Waals surface area contributed by atoms with Crippen LogP contribution in [0.3, 0.4) is 0 Å². The van der Waals surface area contributed by atoms with Crippen LogP contribution in [-0.2, 0) is 5.75 Å². The summed E-state index contributed by atoms with van der Waals surface area (Å²) in [6, 6.07) is 10.1. The van der Waals surface area contributed by atoms with E-state index in [1.165, 1.54) is 11.1 Å². The molecular weight excluding hydrogens is 270 g/mol. The molecule has 3 N–H and O–H groups in total. The minimum atomic E-state index is 0.0999. The Morgan fingerprint density at radius 3 is 2.70 bits per heavy atom. The highest BCUT2D eigenvalue weighted by Crippen LogP contribution is 2.27. The van der Waals surface area contributed by atoms with Gasteiger partial charge in [0.1, 0.15) is 5.03 Å². The van der Waals surface area contributed by atoms with E-state index in [9.17, 15) is 0 Å². The summed E-state index contributed by atoms with van der Waals surface area (Å²) in [7, 11) is 0. The van der Waals surface area contributed by atoms with E-state index in [2.05, 4.69) is 29.2 Å². The van der Waals surface area contributed by atoms with E-state index in [1.54, 1.807) is 18.0 Å². The summed E-state index contributed by atoms with van der Waals surface area (Å²) in [5.74, 6) is 0.900. The van der Waals surface area contributed by atoms with Gasteiger partial charge in [-0.1, -0.05) is 29.4 Å². The normalized spacial score (nSPS) is 11.6. The molecule has 0 atom stereocenters. The summed E-state index contributed by atoms with van der Waals surface area (Å²) in [6.45, 7) is 4.01. The van der Waals surface area contributed by atoms with Crippen LogP contribution in [0.25, 0.3) is 0 Å². The number of aryl methyl sites for hydroxylation is 2. The lowest BCUT2D eigenvalue weighted by molar-refractivity contribution is 0.318. The van der Waals surface area contributed by atoms with Crippen LogP contribution >= 0.6 is 11.8 Å². The molecule has 20 heavy (non-hydrogen) atoms. The molecule has 0 aliphatic carbocycles. The maximum atomic E-state index is 8.89. The van der Waals surface area contributed by atoms with Gasteiger partial charge in [0.05, 0.1) is 5.56 Å². The van der Waals surface area contributed by atoms with Crippen molar-refractivity contribution in [1.29, 1.82) is 0 Å². The molecule has 0 unspecified atom stereocenters. The topological polar surface area (TPSA) is 71.5 Å². The molecule has 0 spiro atoms. The van der Waals surface area contributed by atoms with Crippen molar-refractivity contribution in [1.82, 2.24) is 4.98 Å². The van der Waals surface area contributed by atoms with E-state index >= 15 is 0 Å². The molecule has 0 saturated carbocycles. The molecule has 0 radical (unpaired) electrons. The van der Waals surface area contributed by atoms with Crippen molar-refractivity contribution < 1.29 is 5.21 Å². The zero-order valence-electron chi connectivity index (χ0n) is 11.5. The monoisotopic (exact) mass is 287 g/mol. The molecule has 0 aliphatic rings. The van der Waals surface area contributed by atoms with Crippen molar-refractivity contribution in [3.8, 4) is 0 Å². The minimum Gasteiger partial charge on any atom is -0.409 e. The Morgan fingerprint density at radius 2 is 2.00 bits per heavy atom. The third-order valence-corrected chi connectivity index (χ3v) is 4.15. The summed E-state index contributed by atoms with van der Waals surface area (Å²) in [6.07, 6.45) is 1.74. The standard InChI is InChI=1S/C15H17N3OS/c1-10-5-3-4-6-12(10)9-20-15-13(14(16)18-19)11(2)7-8-17-15/h3-8,19H,9H2,1-2H3,(H2,16,18). The van der Waals surface area contributed by atoms with Gasteiger partial charge in [-0.25, -0.2) is 4.98 Å². The van der Waals surface area contributed by atoms with Crippen LogP contribution in [-0.4, -0.2) is 16.0 Å². The van der Waals surface area contributed by atoms with Crippen molar-refractivity contribution in [3.05, 3.63) is 58.8 Å². The molecule has 1 aromatic heterocycles. The minimum absolute atomic E-state index is 0.0999. The predicted octanol–water partition coefficient (Wildman–Crippen LogP) is 3.09. The highest BCUT2D eigenvalue weighted by Gasteiger charge is 2.12. The van der Waals surface area contributed by atoms with Gasteiger partial charge in [0, 0.05) is 11.9 Å². The number of benzene rings is 1. The Labute approximate surface area is 122 Å². The van der Waals surface area contributed by atoms with Crippen LogP contribution in [0.1, 0.15) is 22.3 Å². The maximum Gasteiger partial charge on any atom is 0.173 e. The summed E-state index contributed by atoms with van der Waals surface area (Å²) < 4.78 is 0. The molecule has 1 heterocycles. The Hall–Kier alpha value is -2.01. The lowest BCUT2D eigenvalue weighted by Gasteiger charge is -2.10. The van der Waals surface area contributed by atoms with Crippen LogP contribution in [0, 0.1) is 13.8 Å². The molecule has 0 saturated heterocycles. The van der Waals surface area contributed by atoms with E-state index in [4.69, 9.17) is 10.9 Å². The number of oxime groups is 1. The number of pyridine rings is 1. The number of nitrogens with zero attached hydrogens (tertiary/aromatic N) is 2. The van der Waals surface area contributed by atoms with Crippen molar-refractivity contribution in [3.63, 3.8) is 0 Å². The van der Waals surface area contributed by atoms with E-state index in [0.29, 0.717) is 5.56 Å². The average Bonchev–Trinajstić information content (AvgIpc) is 2.46. The lowest BCUT2D eigenvalue weighted by atomic mass is 10.1.